The summed E-state index contributed by atoms with van der Waals surface area (Å²) in [6.45, 7) is 3.69. The molecule has 0 unspecified atom stereocenters. The van der Waals surface area contributed by atoms with Crippen LogP contribution in [0.1, 0.15) is 0 Å². The Hall–Kier alpha value is -3.11. The van der Waals surface area contributed by atoms with Crippen LogP contribution in [0.4, 0.5) is 15.8 Å². The maximum atomic E-state index is 14.2. The summed E-state index contributed by atoms with van der Waals surface area (Å²) in [7, 11) is 1.79. The first-order valence-corrected chi connectivity index (χ1v) is 9.95. The largest absolute Gasteiger partial charge is 0.369 e. The quantitative estimate of drug-likeness (QED) is 0.352. The molecular weight excluding hydrogens is 407 g/mol. The van der Waals surface area contributed by atoms with Crippen LogP contribution < -0.4 is 4.90 Å². The van der Waals surface area contributed by atoms with Crippen LogP contribution in [-0.4, -0.2) is 50.3 Å². The number of nitro benzene ring substituents is 1. The molecule has 0 radical (unpaired) electrons. The van der Waals surface area contributed by atoms with Gasteiger partial charge in [-0.25, -0.2) is 9.07 Å². The highest BCUT2D eigenvalue weighted by Crippen LogP contribution is 2.22. The van der Waals surface area contributed by atoms with E-state index >= 15 is 0 Å². The van der Waals surface area contributed by atoms with E-state index in [2.05, 4.69) is 14.9 Å². The van der Waals surface area contributed by atoms with Gasteiger partial charge in [0.15, 0.2) is 10.6 Å². The Bertz CT molecular complexity index is 1120. The van der Waals surface area contributed by atoms with Gasteiger partial charge in [-0.2, -0.15) is 5.10 Å². The Labute approximate surface area is 177 Å². The zero-order chi connectivity index (χ0) is 21.3. The maximum absolute atomic E-state index is 14.2. The molecule has 1 aromatic heterocycles. The summed E-state index contributed by atoms with van der Waals surface area (Å²) >= 11 is 5.51. The third-order valence-corrected chi connectivity index (χ3v) is 5.77. The first-order chi connectivity index (χ1) is 14.4. The van der Waals surface area contributed by atoms with Gasteiger partial charge in [-0.3, -0.25) is 15.0 Å². The van der Waals surface area contributed by atoms with Crippen LogP contribution >= 0.6 is 12.2 Å². The van der Waals surface area contributed by atoms with E-state index in [0.29, 0.717) is 22.8 Å². The van der Waals surface area contributed by atoms with Crippen molar-refractivity contribution in [3.63, 3.8) is 0 Å². The minimum atomic E-state index is -0.395. The highest BCUT2D eigenvalue weighted by molar-refractivity contribution is 7.71. The first kappa shape index (κ1) is 20.2. The van der Waals surface area contributed by atoms with E-state index in [0.717, 1.165) is 31.9 Å². The van der Waals surface area contributed by atoms with Gasteiger partial charge >= 0.3 is 0 Å². The molecular formula is C20H21FN6O2S. The van der Waals surface area contributed by atoms with Crippen molar-refractivity contribution in [1.29, 1.82) is 0 Å². The van der Waals surface area contributed by atoms with Crippen LogP contribution in [0.25, 0.3) is 11.4 Å². The zero-order valence-electron chi connectivity index (χ0n) is 16.4. The van der Waals surface area contributed by atoms with Gasteiger partial charge in [0.25, 0.3) is 5.69 Å². The van der Waals surface area contributed by atoms with Crippen LogP contribution in [0.15, 0.2) is 48.5 Å². The van der Waals surface area contributed by atoms with Crippen LogP contribution in [0, 0.1) is 20.7 Å². The second-order valence-corrected chi connectivity index (χ2v) is 7.53. The third-order valence-electron chi connectivity index (χ3n) is 5.29. The van der Waals surface area contributed by atoms with Crippen molar-refractivity contribution in [3.8, 4) is 11.4 Å². The van der Waals surface area contributed by atoms with Gasteiger partial charge in [-0.1, -0.05) is 12.1 Å². The molecule has 0 saturated carbocycles. The fourth-order valence-electron chi connectivity index (χ4n) is 3.58. The molecule has 1 saturated heterocycles. The molecule has 1 fully saturated rings. The number of non-ortho nitro benzene ring substituents is 1. The van der Waals surface area contributed by atoms with Gasteiger partial charge in [-0.05, 0) is 36.5 Å². The number of nitrogens with zero attached hydrogens (tertiary/aromatic N) is 6. The van der Waals surface area contributed by atoms with Gasteiger partial charge < -0.3 is 9.47 Å². The molecule has 2 aromatic carbocycles. The van der Waals surface area contributed by atoms with Crippen molar-refractivity contribution in [1.82, 2.24) is 19.2 Å². The van der Waals surface area contributed by atoms with Crippen molar-refractivity contribution in [2.24, 2.45) is 7.05 Å². The molecule has 4 rings (SSSR count). The van der Waals surface area contributed by atoms with Gasteiger partial charge in [-0.15, -0.1) is 0 Å². The molecule has 30 heavy (non-hydrogen) atoms. The van der Waals surface area contributed by atoms with Gasteiger partial charge in [0.1, 0.15) is 5.82 Å². The zero-order valence-corrected chi connectivity index (χ0v) is 17.3. The van der Waals surface area contributed by atoms with E-state index in [4.69, 9.17) is 12.2 Å². The average Bonchev–Trinajstić information content (AvgIpc) is 3.03. The lowest BCUT2D eigenvalue weighted by atomic mass is 10.2. The number of hydrogen-bond donors (Lipinski definition) is 0. The molecule has 2 heterocycles. The van der Waals surface area contributed by atoms with Crippen LogP contribution in [0.2, 0.25) is 0 Å². The normalized spacial score (nSPS) is 14.8. The average molecular weight is 428 g/mol. The Kier molecular flexibility index (Phi) is 5.60. The lowest BCUT2D eigenvalue weighted by Crippen LogP contribution is -2.47. The fourth-order valence-corrected chi connectivity index (χ4v) is 3.76. The molecule has 3 aromatic rings. The number of nitro groups is 1. The van der Waals surface area contributed by atoms with Crippen molar-refractivity contribution >= 4 is 23.6 Å². The van der Waals surface area contributed by atoms with Gasteiger partial charge in [0.2, 0.25) is 0 Å². The first-order valence-electron chi connectivity index (χ1n) is 9.54. The summed E-state index contributed by atoms with van der Waals surface area (Å²) in [6, 6.07) is 13.1. The standard InChI is InChI=1S/C20H21FN6O2S/c1-23-19(17-4-2-3-5-18(17)21)22-26(20(23)30)14-24-10-12-25(13-11-24)15-6-8-16(9-7-15)27(28)29/h2-9H,10-14H2,1H3. The van der Waals surface area contributed by atoms with Crippen molar-refractivity contribution in [2.45, 2.75) is 6.67 Å². The van der Waals surface area contributed by atoms with E-state index in [1.54, 1.807) is 46.6 Å². The number of piperazine rings is 1. The molecule has 1 aliphatic rings. The number of benzene rings is 2. The SMILES string of the molecule is Cn1c(-c2ccccc2F)nn(CN2CCN(c3ccc([N+](=O)[O-])cc3)CC2)c1=S. The van der Waals surface area contributed by atoms with E-state index in [1.165, 1.54) is 18.2 Å². The van der Waals surface area contributed by atoms with E-state index in [9.17, 15) is 14.5 Å². The molecule has 8 nitrogen and oxygen atoms in total. The molecule has 156 valence electrons. The highest BCUT2D eigenvalue weighted by atomic mass is 32.1. The monoisotopic (exact) mass is 428 g/mol. The van der Waals surface area contributed by atoms with Gasteiger partial charge in [0, 0.05) is 51.0 Å². The van der Waals surface area contributed by atoms with Crippen molar-refractivity contribution < 1.29 is 9.31 Å². The Morgan fingerprint density at radius 2 is 1.77 bits per heavy atom. The molecule has 1 aliphatic heterocycles. The van der Waals surface area contributed by atoms with E-state index in [1.807, 2.05) is 0 Å². The van der Waals surface area contributed by atoms with Crippen LogP contribution in [0.5, 0.6) is 0 Å². The second-order valence-electron chi connectivity index (χ2n) is 7.16. The summed E-state index contributed by atoms with van der Waals surface area (Å²) in [5, 5.41) is 15.4. The number of rotatable bonds is 5. The highest BCUT2D eigenvalue weighted by Gasteiger charge is 2.20. The fraction of sp³-hybridized carbons (Fsp3) is 0.300. The van der Waals surface area contributed by atoms with Crippen LogP contribution in [-0.2, 0) is 13.7 Å². The Morgan fingerprint density at radius 3 is 2.40 bits per heavy atom. The Morgan fingerprint density at radius 1 is 1.10 bits per heavy atom. The smallest absolute Gasteiger partial charge is 0.269 e. The minimum Gasteiger partial charge on any atom is -0.369 e. The molecule has 0 amide bonds. The van der Waals surface area contributed by atoms with Crippen molar-refractivity contribution in [3.05, 3.63) is 69.2 Å². The Balaban J connectivity index is 1.43. The molecule has 0 N–H and O–H groups in total. The summed E-state index contributed by atoms with van der Waals surface area (Å²) in [6.07, 6.45) is 0. The summed E-state index contributed by atoms with van der Waals surface area (Å²) in [4.78, 5) is 14.8. The second kappa shape index (κ2) is 8.33. The predicted octanol–water partition coefficient (Wildman–Crippen LogP) is 3.45. The molecule has 0 atom stereocenters. The number of anilines is 1. The molecule has 0 spiro atoms. The summed E-state index contributed by atoms with van der Waals surface area (Å²) < 4.78 is 18.2. The van der Waals surface area contributed by atoms with E-state index in [-0.39, 0.29) is 11.5 Å². The van der Waals surface area contributed by atoms with Crippen LogP contribution in [0.3, 0.4) is 0 Å². The number of aromatic nitrogens is 3. The number of halogens is 1. The third kappa shape index (κ3) is 3.96. The molecule has 0 bridgehead atoms. The molecule has 0 aliphatic carbocycles. The summed E-state index contributed by atoms with van der Waals surface area (Å²) in [5.74, 6) is 0.173. The maximum Gasteiger partial charge on any atom is 0.269 e. The minimum absolute atomic E-state index is 0.0903. The van der Waals surface area contributed by atoms with E-state index < -0.39 is 4.92 Å². The van der Waals surface area contributed by atoms with Gasteiger partial charge in [0.05, 0.1) is 17.2 Å². The summed E-state index contributed by atoms with van der Waals surface area (Å²) in [5.41, 5.74) is 1.48. The lowest BCUT2D eigenvalue weighted by Gasteiger charge is -2.35. The van der Waals surface area contributed by atoms with Crippen molar-refractivity contribution in [2.75, 3.05) is 31.1 Å². The predicted molar refractivity (Wildman–Crippen MR) is 114 cm³/mol. The lowest BCUT2D eigenvalue weighted by molar-refractivity contribution is -0.384. The topological polar surface area (TPSA) is 72.4 Å². The number of hydrogen-bond acceptors (Lipinski definition) is 6. The molecule has 10 heteroatoms.